The first kappa shape index (κ1) is 21.1. The maximum absolute atomic E-state index is 12.3. The van der Waals surface area contributed by atoms with Crippen LogP contribution in [0.2, 0.25) is 10.0 Å². The molecule has 0 spiro atoms. The molecule has 0 saturated heterocycles. The highest BCUT2D eigenvalue weighted by Gasteiger charge is 2.19. The van der Waals surface area contributed by atoms with Crippen LogP contribution in [0.3, 0.4) is 0 Å². The molecule has 0 aliphatic rings. The number of nitrogens with one attached hydrogen (secondary N) is 2. The lowest BCUT2D eigenvalue weighted by atomic mass is 9.96. The molecule has 7 heteroatoms. The summed E-state index contributed by atoms with van der Waals surface area (Å²) in [5.41, 5.74) is 1.23. The highest BCUT2D eigenvalue weighted by atomic mass is 35.5. The number of carbonyl (C=O) groups is 2. The topological polar surface area (TPSA) is 67.4 Å². The van der Waals surface area contributed by atoms with Crippen molar-refractivity contribution < 1.29 is 14.3 Å². The molecule has 2 N–H and O–H groups in total. The standard InChI is InChI=1S/C20H22Cl2N2O3/c1-12(2)19(13-4-7-15(27-3)8-5-13)24-18(25)11-23-20(26)16-9-6-14(21)10-17(16)22/h4-10,12,19H,11H2,1-3H3,(H,23,26)(H,24,25). The second-order valence-electron chi connectivity index (χ2n) is 6.37. The Labute approximate surface area is 169 Å². The quantitative estimate of drug-likeness (QED) is 0.719. The van der Waals surface area contributed by atoms with Gasteiger partial charge in [-0.05, 0) is 41.8 Å². The Morgan fingerprint density at radius 1 is 1.07 bits per heavy atom. The first-order valence-corrected chi connectivity index (χ1v) is 9.24. The maximum Gasteiger partial charge on any atom is 0.253 e. The molecule has 0 bridgehead atoms. The van der Waals surface area contributed by atoms with E-state index in [2.05, 4.69) is 10.6 Å². The molecule has 5 nitrogen and oxygen atoms in total. The normalized spacial score (nSPS) is 11.8. The molecule has 0 aliphatic heterocycles. The molecule has 144 valence electrons. The van der Waals surface area contributed by atoms with Crippen LogP contribution in [0.25, 0.3) is 0 Å². The SMILES string of the molecule is COc1ccc(C(NC(=O)CNC(=O)c2ccc(Cl)cc2Cl)C(C)C)cc1. The van der Waals surface area contributed by atoms with E-state index in [-0.39, 0.29) is 35.0 Å². The monoisotopic (exact) mass is 408 g/mol. The van der Waals surface area contributed by atoms with E-state index in [1.54, 1.807) is 13.2 Å². The van der Waals surface area contributed by atoms with Gasteiger partial charge in [0, 0.05) is 5.02 Å². The molecule has 2 amide bonds. The summed E-state index contributed by atoms with van der Waals surface area (Å²) < 4.78 is 5.16. The summed E-state index contributed by atoms with van der Waals surface area (Å²) in [6, 6.07) is 11.9. The third-order valence-electron chi connectivity index (χ3n) is 4.04. The number of ether oxygens (including phenoxy) is 1. The van der Waals surface area contributed by atoms with Gasteiger partial charge in [0.25, 0.3) is 5.91 Å². The zero-order valence-corrected chi connectivity index (χ0v) is 16.9. The third kappa shape index (κ3) is 5.88. The average molecular weight is 409 g/mol. The minimum Gasteiger partial charge on any atom is -0.497 e. The summed E-state index contributed by atoms with van der Waals surface area (Å²) >= 11 is 11.8. The Balaban J connectivity index is 1.98. The van der Waals surface area contributed by atoms with E-state index in [0.717, 1.165) is 11.3 Å². The van der Waals surface area contributed by atoms with Crippen LogP contribution in [0.1, 0.15) is 35.8 Å². The number of hydrogen-bond donors (Lipinski definition) is 2. The lowest BCUT2D eigenvalue weighted by Crippen LogP contribution is -2.40. The lowest BCUT2D eigenvalue weighted by molar-refractivity contribution is -0.121. The van der Waals surface area contributed by atoms with Gasteiger partial charge in [0.05, 0.1) is 30.3 Å². The largest absolute Gasteiger partial charge is 0.497 e. The van der Waals surface area contributed by atoms with Crippen molar-refractivity contribution in [3.63, 3.8) is 0 Å². The van der Waals surface area contributed by atoms with Gasteiger partial charge in [0.2, 0.25) is 5.91 Å². The Hall–Kier alpha value is -2.24. The number of methoxy groups -OCH3 is 1. The van der Waals surface area contributed by atoms with E-state index in [1.807, 2.05) is 38.1 Å². The Kier molecular flexibility index (Phi) is 7.51. The third-order valence-corrected chi connectivity index (χ3v) is 4.59. The number of carbonyl (C=O) groups excluding carboxylic acids is 2. The number of rotatable bonds is 7. The fourth-order valence-electron chi connectivity index (χ4n) is 2.60. The number of halogens is 2. The molecule has 27 heavy (non-hydrogen) atoms. The minimum atomic E-state index is -0.433. The van der Waals surface area contributed by atoms with E-state index >= 15 is 0 Å². The second kappa shape index (κ2) is 9.62. The summed E-state index contributed by atoms with van der Waals surface area (Å²) in [6.07, 6.45) is 0. The first-order chi connectivity index (χ1) is 12.8. The predicted octanol–water partition coefficient (Wildman–Crippen LogP) is 4.25. The van der Waals surface area contributed by atoms with E-state index < -0.39 is 5.91 Å². The van der Waals surface area contributed by atoms with E-state index in [4.69, 9.17) is 27.9 Å². The van der Waals surface area contributed by atoms with E-state index in [9.17, 15) is 9.59 Å². The molecular weight excluding hydrogens is 387 g/mol. The molecule has 0 fully saturated rings. The van der Waals surface area contributed by atoms with Crippen molar-refractivity contribution in [1.29, 1.82) is 0 Å². The van der Waals surface area contributed by atoms with Gasteiger partial charge in [-0.1, -0.05) is 49.2 Å². The number of amides is 2. The summed E-state index contributed by atoms with van der Waals surface area (Å²) in [5, 5.41) is 6.20. The summed E-state index contributed by atoms with van der Waals surface area (Å²) in [5.74, 6) is 0.198. The average Bonchev–Trinajstić information content (AvgIpc) is 2.64. The Bertz CT molecular complexity index is 807. The van der Waals surface area contributed by atoms with Crippen molar-refractivity contribution in [2.24, 2.45) is 5.92 Å². The van der Waals surface area contributed by atoms with Crippen molar-refractivity contribution in [2.75, 3.05) is 13.7 Å². The van der Waals surface area contributed by atoms with Crippen molar-refractivity contribution >= 4 is 35.0 Å². The Morgan fingerprint density at radius 2 is 1.74 bits per heavy atom. The predicted molar refractivity (Wildman–Crippen MR) is 108 cm³/mol. The van der Waals surface area contributed by atoms with E-state index in [1.165, 1.54) is 12.1 Å². The van der Waals surface area contributed by atoms with E-state index in [0.29, 0.717) is 5.02 Å². The van der Waals surface area contributed by atoms with Crippen molar-refractivity contribution in [2.45, 2.75) is 19.9 Å². The van der Waals surface area contributed by atoms with Gasteiger partial charge in [-0.25, -0.2) is 0 Å². The van der Waals surface area contributed by atoms with Crippen molar-refractivity contribution in [3.8, 4) is 5.75 Å². The molecule has 0 heterocycles. The van der Waals surface area contributed by atoms with Gasteiger partial charge in [-0.3, -0.25) is 9.59 Å². The van der Waals surface area contributed by atoms with Gasteiger partial charge in [-0.15, -0.1) is 0 Å². The van der Waals surface area contributed by atoms with Crippen LogP contribution in [0.4, 0.5) is 0 Å². The smallest absolute Gasteiger partial charge is 0.253 e. The van der Waals surface area contributed by atoms with Crippen LogP contribution in [-0.2, 0) is 4.79 Å². The summed E-state index contributed by atoms with van der Waals surface area (Å²) in [7, 11) is 1.60. The van der Waals surface area contributed by atoms with Crippen LogP contribution >= 0.6 is 23.2 Å². The molecule has 2 aromatic carbocycles. The van der Waals surface area contributed by atoms with Crippen LogP contribution in [0, 0.1) is 5.92 Å². The van der Waals surface area contributed by atoms with Crippen LogP contribution in [-0.4, -0.2) is 25.5 Å². The zero-order chi connectivity index (χ0) is 20.0. The van der Waals surface area contributed by atoms with Crippen LogP contribution in [0.15, 0.2) is 42.5 Å². The molecule has 0 aliphatic carbocycles. The fraction of sp³-hybridized carbons (Fsp3) is 0.300. The van der Waals surface area contributed by atoms with Gasteiger partial charge >= 0.3 is 0 Å². The zero-order valence-electron chi connectivity index (χ0n) is 15.4. The second-order valence-corrected chi connectivity index (χ2v) is 7.21. The molecule has 0 saturated carbocycles. The highest BCUT2D eigenvalue weighted by Crippen LogP contribution is 2.24. The van der Waals surface area contributed by atoms with Crippen molar-refractivity contribution in [3.05, 3.63) is 63.6 Å². The van der Waals surface area contributed by atoms with Crippen molar-refractivity contribution in [1.82, 2.24) is 10.6 Å². The molecule has 1 atom stereocenters. The molecule has 0 aromatic heterocycles. The van der Waals surface area contributed by atoms with Crippen LogP contribution in [0.5, 0.6) is 5.75 Å². The Morgan fingerprint density at radius 3 is 2.30 bits per heavy atom. The summed E-state index contributed by atoms with van der Waals surface area (Å²) in [4.78, 5) is 24.5. The molecule has 1 unspecified atom stereocenters. The van der Waals surface area contributed by atoms with Crippen LogP contribution < -0.4 is 15.4 Å². The molecule has 2 aromatic rings. The van der Waals surface area contributed by atoms with Gasteiger partial charge in [-0.2, -0.15) is 0 Å². The number of hydrogen-bond acceptors (Lipinski definition) is 3. The maximum atomic E-state index is 12.3. The van der Waals surface area contributed by atoms with Gasteiger partial charge < -0.3 is 15.4 Å². The summed E-state index contributed by atoms with van der Waals surface area (Å²) in [6.45, 7) is 3.87. The van der Waals surface area contributed by atoms with Gasteiger partial charge in [0.15, 0.2) is 0 Å². The van der Waals surface area contributed by atoms with Gasteiger partial charge in [0.1, 0.15) is 5.75 Å². The highest BCUT2D eigenvalue weighted by molar-refractivity contribution is 6.36. The number of benzene rings is 2. The molecule has 0 radical (unpaired) electrons. The molecule has 2 rings (SSSR count). The fourth-order valence-corrected chi connectivity index (χ4v) is 3.09. The first-order valence-electron chi connectivity index (χ1n) is 8.48. The lowest BCUT2D eigenvalue weighted by Gasteiger charge is -2.23. The molecular formula is C20H22Cl2N2O3. The minimum absolute atomic E-state index is 0.156.